The highest BCUT2D eigenvalue weighted by Gasteiger charge is 2.14. The van der Waals surface area contributed by atoms with E-state index in [1.54, 1.807) is 34.0 Å². The van der Waals surface area contributed by atoms with Gasteiger partial charge in [0.15, 0.2) is 0 Å². The smallest absolute Gasteiger partial charge is 0.257 e. The molecule has 6 nitrogen and oxygen atoms in total. The van der Waals surface area contributed by atoms with E-state index in [1.807, 2.05) is 14.1 Å². The fraction of sp³-hybridized carbons (Fsp3) is 0.400. The number of pyridine rings is 1. The molecule has 118 valence electrons. The maximum Gasteiger partial charge on any atom is 0.257 e. The summed E-state index contributed by atoms with van der Waals surface area (Å²) >= 11 is 5.99. The van der Waals surface area contributed by atoms with Crippen molar-refractivity contribution >= 4 is 29.1 Å². The van der Waals surface area contributed by atoms with Gasteiger partial charge in [-0.3, -0.25) is 4.79 Å². The van der Waals surface area contributed by atoms with Gasteiger partial charge in [-0.1, -0.05) is 18.5 Å². The predicted octanol–water partition coefficient (Wildman–Crippen LogP) is 3.22. The van der Waals surface area contributed by atoms with Crippen molar-refractivity contribution in [3.8, 4) is 0 Å². The second-order valence-electron chi connectivity index (χ2n) is 5.30. The molecule has 22 heavy (non-hydrogen) atoms. The number of carbonyl (C=O) groups excluding carboxylic acids is 1. The number of amides is 1. The standard InChI is InChI=1S/C15H20ClN5O/c1-5-10(2)21-13(6-7-17-21)19-15(22)11-8-12(16)18-14(9-11)20(3)4/h6-10H,5H2,1-4H3,(H,19,22)/t10-/m0/s1. The minimum Gasteiger partial charge on any atom is -0.363 e. The predicted molar refractivity (Wildman–Crippen MR) is 88.8 cm³/mol. The number of aromatic nitrogens is 3. The first-order chi connectivity index (χ1) is 10.4. The number of halogens is 1. The lowest BCUT2D eigenvalue weighted by atomic mass is 10.2. The highest BCUT2D eigenvalue weighted by Crippen LogP contribution is 2.20. The molecule has 0 fully saturated rings. The van der Waals surface area contributed by atoms with Crippen LogP contribution in [0.2, 0.25) is 5.15 Å². The molecule has 0 spiro atoms. The van der Waals surface area contributed by atoms with Crippen molar-refractivity contribution in [3.63, 3.8) is 0 Å². The third-order valence-corrected chi connectivity index (χ3v) is 3.61. The van der Waals surface area contributed by atoms with Crippen LogP contribution in [-0.2, 0) is 0 Å². The van der Waals surface area contributed by atoms with Crippen LogP contribution in [0, 0.1) is 0 Å². The lowest BCUT2D eigenvalue weighted by molar-refractivity contribution is 0.102. The van der Waals surface area contributed by atoms with E-state index in [-0.39, 0.29) is 17.1 Å². The molecule has 0 bridgehead atoms. The Kier molecular flexibility index (Phi) is 5.03. The third-order valence-electron chi connectivity index (χ3n) is 3.42. The van der Waals surface area contributed by atoms with E-state index in [0.29, 0.717) is 17.2 Å². The second kappa shape index (κ2) is 6.79. The van der Waals surface area contributed by atoms with E-state index in [1.165, 1.54) is 0 Å². The Balaban J connectivity index is 2.25. The number of rotatable bonds is 5. The Hall–Kier alpha value is -2.08. The quantitative estimate of drug-likeness (QED) is 0.859. The van der Waals surface area contributed by atoms with Crippen LogP contribution in [0.1, 0.15) is 36.7 Å². The average molecular weight is 322 g/mol. The highest BCUT2D eigenvalue weighted by molar-refractivity contribution is 6.30. The van der Waals surface area contributed by atoms with E-state index in [4.69, 9.17) is 11.6 Å². The molecule has 0 aliphatic rings. The molecule has 2 rings (SSSR count). The molecule has 1 N–H and O–H groups in total. The molecule has 0 aliphatic heterocycles. The number of hydrogen-bond donors (Lipinski definition) is 1. The number of nitrogens with one attached hydrogen (secondary N) is 1. The molecule has 2 heterocycles. The summed E-state index contributed by atoms with van der Waals surface area (Å²) in [5, 5.41) is 7.41. The van der Waals surface area contributed by atoms with E-state index >= 15 is 0 Å². The van der Waals surface area contributed by atoms with E-state index < -0.39 is 0 Å². The van der Waals surface area contributed by atoms with Crippen molar-refractivity contribution in [1.82, 2.24) is 14.8 Å². The van der Waals surface area contributed by atoms with Gasteiger partial charge in [-0.2, -0.15) is 5.10 Å². The summed E-state index contributed by atoms with van der Waals surface area (Å²) in [6.45, 7) is 4.13. The van der Waals surface area contributed by atoms with Gasteiger partial charge in [0.1, 0.15) is 16.8 Å². The Morgan fingerprint density at radius 1 is 1.45 bits per heavy atom. The SMILES string of the molecule is CC[C@H](C)n1nccc1NC(=O)c1cc(Cl)nc(N(C)C)c1. The van der Waals surface area contributed by atoms with Crippen LogP contribution in [0.15, 0.2) is 24.4 Å². The van der Waals surface area contributed by atoms with Crippen molar-refractivity contribution in [2.75, 3.05) is 24.3 Å². The molecule has 0 aliphatic carbocycles. The van der Waals surface area contributed by atoms with Crippen LogP contribution in [-0.4, -0.2) is 34.8 Å². The number of anilines is 2. The number of nitrogens with zero attached hydrogens (tertiary/aromatic N) is 4. The first-order valence-corrected chi connectivity index (χ1v) is 7.50. The van der Waals surface area contributed by atoms with Crippen molar-refractivity contribution in [1.29, 1.82) is 0 Å². The van der Waals surface area contributed by atoms with Gasteiger partial charge in [0.2, 0.25) is 0 Å². The van der Waals surface area contributed by atoms with Gasteiger partial charge in [0.05, 0.1) is 12.2 Å². The maximum absolute atomic E-state index is 12.4. The van der Waals surface area contributed by atoms with Crippen molar-refractivity contribution in [2.24, 2.45) is 0 Å². The molecule has 0 aromatic carbocycles. The lowest BCUT2D eigenvalue weighted by Gasteiger charge is -2.15. The Morgan fingerprint density at radius 3 is 2.82 bits per heavy atom. The van der Waals surface area contributed by atoms with Crippen LogP contribution >= 0.6 is 11.6 Å². The van der Waals surface area contributed by atoms with Gasteiger partial charge in [-0.15, -0.1) is 0 Å². The van der Waals surface area contributed by atoms with Gasteiger partial charge in [-0.05, 0) is 25.5 Å². The van der Waals surface area contributed by atoms with Gasteiger partial charge in [0.25, 0.3) is 5.91 Å². The minimum absolute atomic E-state index is 0.212. The van der Waals surface area contributed by atoms with E-state index in [2.05, 4.69) is 29.2 Å². The van der Waals surface area contributed by atoms with Gasteiger partial charge >= 0.3 is 0 Å². The molecule has 1 amide bonds. The average Bonchev–Trinajstić information content (AvgIpc) is 2.93. The molecule has 0 saturated heterocycles. The molecule has 2 aromatic rings. The van der Waals surface area contributed by atoms with Crippen molar-refractivity contribution in [3.05, 3.63) is 35.1 Å². The molecule has 0 saturated carbocycles. The van der Waals surface area contributed by atoms with Gasteiger partial charge in [0, 0.05) is 25.7 Å². The maximum atomic E-state index is 12.4. The molecular formula is C15H20ClN5O. The van der Waals surface area contributed by atoms with Gasteiger partial charge in [-0.25, -0.2) is 9.67 Å². The molecule has 2 aromatic heterocycles. The largest absolute Gasteiger partial charge is 0.363 e. The van der Waals surface area contributed by atoms with E-state index in [9.17, 15) is 4.79 Å². The summed E-state index contributed by atoms with van der Waals surface area (Å²) in [4.78, 5) is 18.4. The summed E-state index contributed by atoms with van der Waals surface area (Å²) in [7, 11) is 3.69. The van der Waals surface area contributed by atoms with Crippen LogP contribution < -0.4 is 10.2 Å². The first-order valence-electron chi connectivity index (χ1n) is 7.12. The van der Waals surface area contributed by atoms with Crippen LogP contribution in [0.4, 0.5) is 11.6 Å². The number of hydrogen-bond acceptors (Lipinski definition) is 4. The Bertz CT molecular complexity index is 668. The van der Waals surface area contributed by atoms with Crippen LogP contribution in [0.3, 0.4) is 0 Å². The molecule has 0 unspecified atom stereocenters. The molecule has 1 atom stereocenters. The summed E-state index contributed by atoms with van der Waals surface area (Å²) < 4.78 is 1.80. The zero-order valence-electron chi connectivity index (χ0n) is 13.2. The zero-order chi connectivity index (χ0) is 16.3. The molecule has 0 radical (unpaired) electrons. The summed E-state index contributed by atoms with van der Waals surface area (Å²) in [6.07, 6.45) is 2.60. The zero-order valence-corrected chi connectivity index (χ0v) is 13.9. The molecule has 7 heteroatoms. The number of carbonyl (C=O) groups is 1. The van der Waals surface area contributed by atoms with Crippen molar-refractivity contribution in [2.45, 2.75) is 26.3 Å². The lowest BCUT2D eigenvalue weighted by Crippen LogP contribution is -2.18. The topological polar surface area (TPSA) is 63.1 Å². The first kappa shape index (κ1) is 16.3. The summed E-state index contributed by atoms with van der Waals surface area (Å²) in [6, 6.07) is 5.24. The normalized spacial score (nSPS) is 12.0. The van der Waals surface area contributed by atoms with Crippen LogP contribution in [0.25, 0.3) is 0 Å². The summed E-state index contributed by atoms with van der Waals surface area (Å²) in [5.41, 5.74) is 0.459. The van der Waals surface area contributed by atoms with E-state index in [0.717, 1.165) is 6.42 Å². The van der Waals surface area contributed by atoms with Crippen molar-refractivity contribution < 1.29 is 4.79 Å². The molecular weight excluding hydrogens is 302 g/mol. The fourth-order valence-corrected chi connectivity index (χ4v) is 2.17. The Morgan fingerprint density at radius 2 is 2.18 bits per heavy atom. The second-order valence-corrected chi connectivity index (χ2v) is 5.69. The highest BCUT2D eigenvalue weighted by atomic mass is 35.5. The fourth-order valence-electron chi connectivity index (χ4n) is 1.97. The summed E-state index contributed by atoms with van der Waals surface area (Å²) in [5.74, 6) is 1.06. The third kappa shape index (κ3) is 3.57. The van der Waals surface area contributed by atoms with Crippen LogP contribution in [0.5, 0.6) is 0 Å². The monoisotopic (exact) mass is 321 g/mol. The minimum atomic E-state index is -0.238. The Labute approximate surface area is 135 Å². The van der Waals surface area contributed by atoms with Gasteiger partial charge < -0.3 is 10.2 Å².